The minimum absolute atomic E-state index is 0.393. The number of carbonyl (C=O) groups excluding carboxylic acids is 2. The van der Waals surface area contributed by atoms with Crippen molar-refractivity contribution in [2.75, 3.05) is 13.1 Å². The number of isocyanates is 2. The first-order valence-electron chi connectivity index (χ1n) is 4.37. The Bertz CT molecular complexity index is 357. The maximum absolute atomic E-state index is 10.7. The first-order chi connectivity index (χ1) is 8.01. The monoisotopic (exact) mass is 244 g/mol. The molecule has 0 aromatic rings. The van der Waals surface area contributed by atoms with Crippen LogP contribution in [-0.2, 0) is 9.59 Å². The number of nitrogens with zero attached hydrogens (tertiary/aromatic N) is 4. The molecule has 0 aliphatic carbocycles. The van der Waals surface area contributed by atoms with Gasteiger partial charge in [0.15, 0.2) is 0 Å². The molecule has 0 aliphatic heterocycles. The Morgan fingerprint density at radius 1 is 0.941 bits per heavy atom. The van der Waals surface area contributed by atoms with E-state index in [1.54, 1.807) is 0 Å². The minimum atomic E-state index is -2.50. The van der Waals surface area contributed by atoms with Gasteiger partial charge in [0.1, 0.15) is 12.8 Å². The molecule has 0 unspecified atom stereocenters. The van der Waals surface area contributed by atoms with Gasteiger partial charge in [0.05, 0.1) is 22.9 Å². The van der Waals surface area contributed by atoms with E-state index in [2.05, 4.69) is 9.98 Å². The molecule has 0 atom stereocenters. The molecule has 0 aromatic heterocycles. The van der Waals surface area contributed by atoms with Gasteiger partial charge in [-0.1, -0.05) is 0 Å². The van der Waals surface area contributed by atoms with Crippen molar-refractivity contribution in [2.45, 2.75) is 18.5 Å². The van der Waals surface area contributed by atoms with Gasteiger partial charge in [0, 0.05) is 0 Å². The number of hydrogen-bond acceptors (Lipinski definition) is 8. The van der Waals surface area contributed by atoms with Crippen molar-refractivity contribution in [3.8, 4) is 0 Å². The summed E-state index contributed by atoms with van der Waals surface area (Å²) in [6.07, 6.45) is 1.11. The maximum atomic E-state index is 10.7. The minimum Gasteiger partial charge on any atom is -0.258 e. The van der Waals surface area contributed by atoms with Crippen molar-refractivity contribution in [3.63, 3.8) is 0 Å². The summed E-state index contributed by atoms with van der Waals surface area (Å²) in [5.74, 6) is 0. The van der Waals surface area contributed by atoms with Gasteiger partial charge >= 0.3 is 5.66 Å². The predicted molar refractivity (Wildman–Crippen MR) is 51.9 cm³/mol. The maximum Gasteiger partial charge on any atom is 0.462 e. The first kappa shape index (κ1) is 14.6. The van der Waals surface area contributed by atoms with E-state index in [9.17, 15) is 29.8 Å². The molecule has 17 heavy (non-hydrogen) atoms. The van der Waals surface area contributed by atoms with Crippen molar-refractivity contribution in [3.05, 3.63) is 20.2 Å². The first-order valence-corrected chi connectivity index (χ1v) is 4.37. The van der Waals surface area contributed by atoms with Crippen LogP contribution in [-0.4, -0.2) is 40.8 Å². The fourth-order valence-corrected chi connectivity index (χ4v) is 1.12. The van der Waals surface area contributed by atoms with Gasteiger partial charge in [-0.3, -0.25) is 20.2 Å². The highest BCUT2D eigenvalue weighted by atomic mass is 16.7. The summed E-state index contributed by atoms with van der Waals surface area (Å²) in [7, 11) is 0. The second-order valence-electron chi connectivity index (χ2n) is 2.94. The highest BCUT2D eigenvalue weighted by molar-refractivity contribution is 5.33. The number of hydrogen-bond donors (Lipinski definition) is 0. The lowest BCUT2D eigenvalue weighted by Gasteiger charge is -2.14. The fourth-order valence-electron chi connectivity index (χ4n) is 1.12. The highest BCUT2D eigenvalue weighted by Gasteiger charge is 2.54. The average molecular weight is 244 g/mol. The molecule has 0 aromatic carbocycles. The van der Waals surface area contributed by atoms with E-state index in [0.717, 1.165) is 12.2 Å². The quantitative estimate of drug-likeness (QED) is 0.188. The molecular formula is C7H8N4O6. The summed E-state index contributed by atoms with van der Waals surface area (Å²) in [6.45, 7) is -0.785. The number of nitro groups is 2. The van der Waals surface area contributed by atoms with Crippen molar-refractivity contribution in [1.29, 1.82) is 0 Å². The van der Waals surface area contributed by atoms with Crippen LogP contribution in [0.3, 0.4) is 0 Å². The zero-order valence-electron chi connectivity index (χ0n) is 8.57. The number of aliphatic imine (C=N–C) groups is 2. The zero-order valence-corrected chi connectivity index (χ0v) is 8.57. The largest absolute Gasteiger partial charge is 0.462 e. The van der Waals surface area contributed by atoms with E-state index in [0.29, 0.717) is 0 Å². The average Bonchev–Trinajstić information content (AvgIpc) is 2.26. The Balaban J connectivity index is 4.97. The third-order valence-electron chi connectivity index (χ3n) is 2.06. The zero-order chi connectivity index (χ0) is 13.3. The van der Waals surface area contributed by atoms with E-state index in [-0.39, 0.29) is 0 Å². The van der Waals surface area contributed by atoms with Crippen molar-refractivity contribution in [2.24, 2.45) is 9.98 Å². The molecular weight excluding hydrogens is 236 g/mol. The molecule has 0 bridgehead atoms. The summed E-state index contributed by atoms with van der Waals surface area (Å²) < 4.78 is 0. The summed E-state index contributed by atoms with van der Waals surface area (Å²) in [6, 6.07) is 0. The Morgan fingerprint density at radius 2 is 1.29 bits per heavy atom. The number of rotatable bonds is 8. The lowest BCUT2D eigenvalue weighted by atomic mass is 10.0. The van der Waals surface area contributed by atoms with Crippen LogP contribution < -0.4 is 0 Å². The molecule has 10 heteroatoms. The van der Waals surface area contributed by atoms with Crippen LogP contribution in [0.1, 0.15) is 12.8 Å². The molecule has 0 amide bonds. The van der Waals surface area contributed by atoms with Crippen LogP contribution in [0.15, 0.2) is 9.98 Å². The summed E-state index contributed by atoms with van der Waals surface area (Å²) in [5.41, 5.74) is -2.50. The molecule has 0 fully saturated rings. The van der Waals surface area contributed by atoms with E-state index in [4.69, 9.17) is 0 Å². The Labute approximate surface area is 94.3 Å². The molecule has 0 heterocycles. The molecule has 0 aliphatic rings. The van der Waals surface area contributed by atoms with E-state index in [1.165, 1.54) is 0 Å². The molecule has 0 radical (unpaired) electrons. The lowest BCUT2D eigenvalue weighted by molar-refractivity contribution is -0.798. The van der Waals surface area contributed by atoms with Gasteiger partial charge in [-0.05, 0) is 0 Å². The molecule has 10 nitrogen and oxygen atoms in total. The topological polar surface area (TPSA) is 145 Å². The van der Waals surface area contributed by atoms with Crippen LogP contribution in [0.25, 0.3) is 0 Å². The van der Waals surface area contributed by atoms with Gasteiger partial charge in [-0.25, -0.2) is 19.6 Å². The van der Waals surface area contributed by atoms with Gasteiger partial charge in [-0.15, -0.1) is 0 Å². The van der Waals surface area contributed by atoms with Crippen molar-refractivity contribution >= 4 is 12.2 Å². The third kappa shape index (κ3) is 3.90. The van der Waals surface area contributed by atoms with Gasteiger partial charge < -0.3 is 0 Å². The van der Waals surface area contributed by atoms with Crippen LogP contribution >= 0.6 is 0 Å². The third-order valence-corrected chi connectivity index (χ3v) is 2.06. The molecule has 0 rings (SSSR count). The van der Waals surface area contributed by atoms with Gasteiger partial charge in [0.2, 0.25) is 12.2 Å². The van der Waals surface area contributed by atoms with Crippen LogP contribution in [0.4, 0.5) is 0 Å². The fraction of sp³-hybridized carbons (Fsp3) is 0.714. The predicted octanol–water partition coefficient (Wildman–Crippen LogP) is -0.312. The second kappa shape index (κ2) is 6.94. The van der Waals surface area contributed by atoms with E-state index in [1.807, 2.05) is 0 Å². The Hall–Kier alpha value is -2.44. The molecule has 92 valence electrons. The van der Waals surface area contributed by atoms with Crippen LogP contribution in [0.2, 0.25) is 0 Å². The summed E-state index contributed by atoms with van der Waals surface area (Å²) >= 11 is 0. The normalized spacial score (nSPS) is 9.88. The summed E-state index contributed by atoms with van der Waals surface area (Å²) in [5, 5.41) is 21.5. The van der Waals surface area contributed by atoms with Crippen molar-refractivity contribution < 1.29 is 19.4 Å². The van der Waals surface area contributed by atoms with Gasteiger partial charge in [0.25, 0.3) is 0 Å². The van der Waals surface area contributed by atoms with E-state index < -0.39 is 41.4 Å². The Kier molecular flexibility index (Phi) is 5.94. The van der Waals surface area contributed by atoms with Crippen molar-refractivity contribution in [1.82, 2.24) is 0 Å². The SMILES string of the molecule is O=C=NCCC(CCN=C=O)([N+](=O)[O-])[N+](=O)[O-]. The second-order valence-corrected chi connectivity index (χ2v) is 2.94. The molecule has 0 N–H and O–H groups in total. The van der Waals surface area contributed by atoms with Crippen LogP contribution in [0.5, 0.6) is 0 Å². The molecule has 0 saturated heterocycles. The molecule has 0 spiro atoms. The smallest absolute Gasteiger partial charge is 0.258 e. The molecule has 0 saturated carbocycles. The van der Waals surface area contributed by atoms with E-state index >= 15 is 0 Å². The Morgan fingerprint density at radius 3 is 1.53 bits per heavy atom. The highest BCUT2D eigenvalue weighted by Crippen LogP contribution is 2.21. The lowest BCUT2D eigenvalue weighted by Crippen LogP contribution is -2.47. The summed E-state index contributed by atoms with van der Waals surface area (Å²) in [4.78, 5) is 45.0. The van der Waals surface area contributed by atoms with Gasteiger partial charge in [-0.2, -0.15) is 0 Å². The standard InChI is InChI=1S/C7H8N4O6/c12-5-8-3-1-7(10(14)15,11(16)17)2-4-9-6-13/h1-4H2. The van der Waals surface area contributed by atoms with Crippen LogP contribution in [0, 0.1) is 20.2 Å².